The molecule has 1 saturated carbocycles. The Kier molecular flexibility index (Phi) is 6.84. The first-order valence-corrected chi connectivity index (χ1v) is 7.23. The number of nitrogens with zero attached hydrogens (tertiary/aromatic N) is 1. The van der Waals surface area contributed by atoms with E-state index in [9.17, 15) is 9.59 Å². The summed E-state index contributed by atoms with van der Waals surface area (Å²) in [6.07, 6.45) is 6.63. The van der Waals surface area contributed by atoms with Crippen molar-refractivity contribution in [2.45, 2.75) is 52.0 Å². The summed E-state index contributed by atoms with van der Waals surface area (Å²) in [7, 11) is 1.72. The van der Waals surface area contributed by atoms with Crippen LogP contribution in [0.5, 0.6) is 0 Å². The predicted octanol–water partition coefficient (Wildman–Crippen LogP) is 1.30. The van der Waals surface area contributed by atoms with Crippen LogP contribution < -0.4 is 10.9 Å². The topological polar surface area (TPSA) is 61.4 Å². The zero-order chi connectivity index (χ0) is 14.3. The lowest BCUT2D eigenvalue weighted by Crippen LogP contribution is -2.47. The van der Waals surface area contributed by atoms with Gasteiger partial charge in [-0.3, -0.25) is 15.0 Å². The van der Waals surface area contributed by atoms with Gasteiger partial charge in [-0.25, -0.2) is 5.43 Å². The smallest absolute Gasteiger partial charge is 0.238 e. The van der Waals surface area contributed by atoms with Crippen LogP contribution in [0.2, 0.25) is 0 Å². The van der Waals surface area contributed by atoms with E-state index in [4.69, 9.17) is 0 Å². The second kappa shape index (κ2) is 8.15. The lowest BCUT2D eigenvalue weighted by atomic mass is 9.92. The van der Waals surface area contributed by atoms with Gasteiger partial charge in [-0.2, -0.15) is 0 Å². The van der Waals surface area contributed by atoms with Crippen molar-refractivity contribution < 1.29 is 9.59 Å². The van der Waals surface area contributed by atoms with Gasteiger partial charge in [-0.15, -0.1) is 0 Å². The van der Waals surface area contributed by atoms with Crippen molar-refractivity contribution in [2.24, 2.45) is 11.8 Å². The Labute approximate surface area is 116 Å². The van der Waals surface area contributed by atoms with Crippen LogP contribution in [0.3, 0.4) is 0 Å². The molecule has 2 N–H and O–H groups in total. The highest BCUT2D eigenvalue weighted by Crippen LogP contribution is 2.30. The minimum Gasteiger partial charge on any atom is -0.348 e. The highest BCUT2D eigenvalue weighted by atomic mass is 16.2. The zero-order valence-corrected chi connectivity index (χ0v) is 12.3. The molecular formula is C14H27N3O2. The van der Waals surface area contributed by atoms with Crippen LogP contribution in [-0.4, -0.2) is 36.9 Å². The third-order valence-electron chi connectivity index (χ3n) is 3.64. The van der Waals surface area contributed by atoms with Crippen molar-refractivity contribution in [3.63, 3.8) is 0 Å². The largest absolute Gasteiger partial charge is 0.348 e. The molecule has 110 valence electrons. The molecule has 1 aliphatic carbocycles. The van der Waals surface area contributed by atoms with Crippen molar-refractivity contribution in [3.05, 3.63) is 0 Å². The van der Waals surface area contributed by atoms with Crippen LogP contribution in [0.25, 0.3) is 0 Å². The molecule has 0 aromatic heterocycles. The highest BCUT2D eigenvalue weighted by molar-refractivity contribution is 5.78. The van der Waals surface area contributed by atoms with E-state index in [1.54, 1.807) is 11.9 Å². The molecule has 0 heterocycles. The van der Waals surface area contributed by atoms with Crippen molar-refractivity contribution in [2.75, 3.05) is 13.6 Å². The Bertz CT molecular complexity index is 288. The molecule has 1 aliphatic rings. The van der Waals surface area contributed by atoms with E-state index in [1.165, 1.54) is 25.7 Å². The van der Waals surface area contributed by atoms with E-state index in [-0.39, 0.29) is 17.9 Å². The molecule has 0 aromatic carbocycles. The van der Waals surface area contributed by atoms with Crippen LogP contribution in [-0.2, 0) is 9.59 Å². The molecule has 0 saturated heterocycles. The molecule has 0 unspecified atom stereocenters. The quantitative estimate of drug-likeness (QED) is 0.516. The maximum atomic E-state index is 12.2. The van der Waals surface area contributed by atoms with Crippen LogP contribution >= 0.6 is 0 Å². The molecule has 0 aromatic rings. The van der Waals surface area contributed by atoms with Gasteiger partial charge in [0.05, 0.1) is 5.92 Å². The van der Waals surface area contributed by atoms with Crippen LogP contribution in [0, 0.1) is 11.8 Å². The number of hydrazine groups is 1. The van der Waals surface area contributed by atoms with Gasteiger partial charge in [-0.05, 0) is 26.2 Å². The van der Waals surface area contributed by atoms with Gasteiger partial charge in [0.25, 0.3) is 0 Å². The summed E-state index contributed by atoms with van der Waals surface area (Å²) in [6, 6.07) is 0.208. The van der Waals surface area contributed by atoms with Crippen LogP contribution in [0.15, 0.2) is 0 Å². The van der Waals surface area contributed by atoms with Gasteiger partial charge in [0.2, 0.25) is 12.3 Å². The molecule has 1 fully saturated rings. The lowest BCUT2D eigenvalue weighted by molar-refractivity contribution is -0.128. The standard InChI is InChI=1S/C14H27N3O2/c1-11(2)15-16-14(19)13(9-17(3)10-18)8-12-6-4-5-7-12/h10-13,15H,4-9H2,1-3H3,(H,16,19)/t13-/m1/s1. The SMILES string of the molecule is CC(C)NNC(=O)[C@H](CC1CCCC1)CN(C)C=O. The maximum absolute atomic E-state index is 12.2. The first-order chi connectivity index (χ1) is 9.02. The number of carbonyl (C=O) groups excluding carboxylic acids is 2. The average Bonchev–Trinajstić information content (AvgIpc) is 2.87. The van der Waals surface area contributed by atoms with Gasteiger partial charge in [-0.1, -0.05) is 25.7 Å². The Morgan fingerprint density at radius 3 is 2.53 bits per heavy atom. The maximum Gasteiger partial charge on any atom is 0.238 e. The molecule has 0 radical (unpaired) electrons. The predicted molar refractivity (Wildman–Crippen MR) is 75.2 cm³/mol. The zero-order valence-electron chi connectivity index (χ0n) is 12.3. The molecule has 19 heavy (non-hydrogen) atoms. The normalized spacial score (nSPS) is 17.5. The van der Waals surface area contributed by atoms with Gasteiger partial charge >= 0.3 is 0 Å². The fourth-order valence-corrected chi connectivity index (χ4v) is 2.62. The fourth-order valence-electron chi connectivity index (χ4n) is 2.62. The Morgan fingerprint density at radius 2 is 2.00 bits per heavy atom. The van der Waals surface area contributed by atoms with E-state index < -0.39 is 0 Å². The number of amides is 2. The summed E-state index contributed by atoms with van der Waals surface area (Å²) < 4.78 is 0. The van der Waals surface area contributed by atoms with Gasteiger partial charge < -0.3 is 4.90 Å². The van der Waals surface area contributed by atoms with Crippen LogP contribution in [0.1, 0.15) is 46.0 Å². The summed E-state index contributed by atoms with van der Waals surface area (Å²) in [5.41, 5.74) is 5.69. The molecule has 1 rings (SSSR count). The number of rotatable bonds is 8. The molecule has 5 nitrogen and oxygen atoms in total. The van der Waals surface area contributed by atoms with E-state index >= 15 is 0 Å². The number of hydrogen-bond donors (Lipinski definition) is 2. The first-order valence-electron chi connectivity index (χ1n) is 7.23. The molecule has 2 amide bonds. The molecule has 0 spiro atoms. The van der Waals surface area contributed by atoms with Crippen molar-refractivity contribution >= 4 is 12.3 Å². The monoisotopic (exact) mass is 269 g/mol. The summed E-state index contributed by atoms with van der Waals surface area (Å²) in [5, 5.41) is 0. The summed E-state index contributed by atoms with van der Waals surface area (Å²) in [4.78, 5) is 24.5. The van der Waals surface area contributed by atoms with Gasteiger partial charge in [0.1, 0.15) is 0 Å². The second-order valence-corrected chi connectivity index (χ2v) is 5.92. The van der Waals surface area contributed by atoms with E-state index in [2.05, 4.69) is 10.9 Å². The molecule has 5 heteroatoms. The molecular weight excluding hydrogens is 242 g/mol. The Balaban J connectivity index is 2.51. The second-order valence-electron chi connectivity index (χ2n) is 5.92. The minimum absolute atomic E-state index is 0.00528. The third kappa shape index (κ3) is 6.05. The molecule has 0 aliphatic heterocycles. The molecule has 0 bridgehead atoms. The lowest BCUT2D eigenvalue weighted by Gasteiger charge is -2.24. The number of hydrogen-bond acceptors (Lipinski definition) is 3. The number of nitrogens with one attached hydrogen (secondary N) is 2. The number of carbonyl (C=O) groups is 2. The molecule has 1 atom stereocenters. The fraction of sp³-hybridized carbons (Fsp3) is 0.857. The summed E-state index contributed by atoms with van der Waals surface area (Å²) in [6.45, 7) is 4.44. The third-order valence-corrected chi connectivity index (χ3v) is 3.64. The first kappa shape index (κ1) is 16.0. The summed E-state index contributed by atoms with van der Waals surface area (Å²) in [5.74, 6) is 0.508. The van der Waals surface area contributed by atoms with Crippen molar-refractivity contribution in [1.29, 1.82) is 0 Å². The Hall–Kier alpha value is -1.10. The minimum atomic E-state index is -0.121. The summed E-state index contributed by atoms with van der Waals surface area (Å²) >= 11 is 0. The van der Waals surface area contributed by atoms with Gasteiger partial charge in [0.15, 0.2) is 0 Å². The van der Waals surface area contributed by atoms with Gasteiger partial charge in [0, 0.05) is 19.6 Å². The van der Waals surface area contributed by atoms with E-state index in [0.29, 0.717) is 12.5 Å². The van der Waals surface area contributed by atoms with Crippen molar-refractivity contribution in [3.8, 4) is 0 Å². The average molecular weight is 269 g/mol. The highest BCUT2D eigenvalue weighted by Gasteiger charge is 2.26. The Morgan fingerprint density at radius 1 is 1.37 bits per heavy atom. The van der Waals surface area contributed by atoms with Crippen molar-refractivity contribution in [1.82, 2.24) is 15.8 Å². The van der Waals surface area contributed by atoms with Crippen LogP contribution in [0.4, 0.5) is 0 Å². The van der Waals surface area contributed by atoms with E-state index in [1.807, 2.05) is 13.8 Å². The van der Waals surface area contributed by atoms with E-state index in [0.717, 1.165) is 12.8 Å².